The van der Waals surface area contributed by atoms with Crippen molar-refractivity contribution in [2.24, 2.45) is 9.98 Å². The summed E-state index contributed by atoms with van der Waals surface area (Å²) >= 11 is 0. The van der Waals surface area contributed by atoms with Crippen molar-refractivity contribution in [3.63, 3.8) is 0 Å². The van der Waals surface area contributed by atoms with Gasteiger partial charge in [-0.25, -0.2) is 9.98 Å². The molecular formula is C28H30N4. The van der Waals surface area contributed by atoms with Crippen molar-refractivity contribution in [1.29, 1.82) is 0 Å². The summed E-state index contributed by atoms with van der Waals surface area (Å²) in [5.74, 6) is 1.64. The average Bonchev–Trinajstić information content (AvgIpc) is 3.22. The lowest BCUT2D eigenvalue weighted by atomic mass is 10.0. The molecule has 1 N–H and O–H groups in total. The Labute approximate surface area is 190 Å². The number of amidine groups is 1. The van der Waals surface area contributed by atoms with Crippen LogP contribution in [0.1, 0.15) is 18.3 Å². The highest BCUT2D eigenvalue weighted by Crippen LogP contribution is 2.19. The molecule has 32 heavy (non-hydrogen) atoms. The van der Waals surface area contributed by atoms with Gasteiger partial charge in [0.15, 0.2) is 5.84 Å². The summed E-state index contributed by atoms with van der Waals surface area (Å²) < 4.78 is 0. The van der Waals surface area contributed by atoms with Crippen LogP contribution in [-0.4, -0.2) is 29.6 Å². The average molecular weight is 423 g/mol. The Balaban J connectivity index is 0.000000203. The monoisotopic (exact) mass is 422 g/mol. The lowest BCUT2D eigenvalue weighted by Crippen LogP contribution is -1.95. The Bertz CT molecular complexity index is 1130. The maximum atomic E-state index is 4.26. The fourth-order valence-corrected chi connectivity index (χ4v) is 2.95. The molecule has 0 aliphatic rings. The fourth-order valence-electron chi connectivity index (χ4n) is 2.95. The van der Waals surface area contributed by atoms with E-state index in [4.69, 9.17) is 0 Å². The van der Waals surface area contributed by atoms with Gasteiger partial charge in [-0.15, -0.1) is 0 Å². The number of aryl methyl sites for hydroxylation is 1. The molecule has 0 atom stereocenters. The lowest BCUT2D eigenvalue weighted by Gasteiger charge is -2.03. The van der Waals surface area contributed by atoms with Crippen LogP contribution in [0, 0.1) is 6.92 Å². The Morgan fingerprint density at radius 2 is 1.53 bits per heavy atom. The minimum Gasteiger partial charge on any atom is -0.342 e. The Morgan fingerprint density at radius 3 is 2.06 bits per heavy atom. The number of aromatic nitrogens is 2. The molecule has 0 aliphatic heterocycles. The molecule has 0 aliphatic carbocycles. The number of imidazole rings is 1. The molecule has 0 unspecified atom stereocenters. The first kappa shape index (κ1) is 24.2. The first-order valence-electron chi connectivity index (χ1n) is 10.4. The van der Waals surface area contributed by atoms with Crippen molar-refractivity contribution >= 4 is 23.6 Å². The van der Waals surface area contributed by atoms with E-state index in [0.29, 0.717) is 5.84 Å². The number of fused-ring (bicyclic) bond motifs is 1. The Morgan fingerprint density at radius 1 is 0.906 bits per heavy atom. The van der Waals surface area contributed by atoms with Gasteiger partial charge in [0.05, 0.1) is 11.0 Å². The smallest absolute Gasteiger partial charge is 0.153 e. The molecule has 0 fully saturated rings. The molecule has 0 saturated heterocycles. The zero-order chi connectivity index (χ0) is 23.2. The predicted molar refractivity (Wildman–Crippen MR) is 140 cm³/mol. The third-order valence-corrected chi connectivity index (χ3v) is 4.45. The van der Waals surface area contributed by atoms with Crippen molar-refractivity contribution in [3.05, 3.63) is 115 Å². The number of hydrogen-bond acceptors (Lipinski definition) is 2. The van der Waals surface area contributed by atoms with Gasteiger partial charge in [-0.05, 0) is 43.8 Å². The van der Waals surface area contributed by atoms with E-state index in [-0.39, 0.29) is 0 Å². The van der Waals surface area contributed by atoms with Gasteiger partial charge in [-0.1, -0.05) is 91.5 Å². The summed E-state index contributed by atoms with van der Waals surface area (Å²) in [5.41, 5.74) is 5.54. The highest BCUT2D eigenvalue weighted by atomic mass is 14.9. The number of hydrogen-bond donors (Lipinski definition) is 1. The van der Waals surface area contributed by atoms with Crippen molar-refractivity contribution in [2.75, 3.05) is 7.05 Å². The largest absolute Gasteiger partial charge is 0.342 e. The minimum absolute atomic E-state index is 0.671. The number of nitrogens with zero attached hydrogens (tertiary/aromatic N) is 3. The van der Waals surface area contributed by atoms with Gasteiger partial charge < -0.3 is 4.98 Å². The molecule has 162 valence electrons. The number of rotatable bonds is 3. The lowest BCUT2D eigenvalue weighted by molar-refractivity contribution is 1.17. The molecule has 0 amide bonds. The first-order valence-corrected chi connectivity index (χ1v) is 10.4. The number of para-hydroxylation sites is 2. The predicted octanol–water partition coefficient (Wildman–Crippen LogP) is 7.05. The fraction of sp³-hybridized carbons (Fsp3) is 0.107. The van der Waals surface area contributed by atoms with Crippen molar-refractivity contribution in [1.82, 2.24) is 9.97 Å². The molecule has 1 aromatic heterocycles. The highest BCUT2D eigenvalue weighted by molar-refractivity contribution is 6.01. The maximum absolute atomic E-state index is 4.26. The molecule has 0 bridgehead atoms. The van der Waals surface area contributed by atoms with Gasteiger partial charge in [0.1, 0.15) is 5.82 Å². The van der Waals surface area contributed by atoms with Crippen LogP contribution in [0.2, 0.25) is 0 Å². The zero-order valence-electron chi connectivity index (χ0n) is 19.0. The number of aliphatic imine (C=N–C) groups is 2. The Kier molecular flexibility index (Phi) is 10.1. The van der Waals surface area contributed by atoms with Gasteiger partial charge in [0.2, 0.25) is 0 Å². The molecule has 0 spiro atoms. The van der Waals surface area contributed by atoms with E-state index in [9.17, 15) is 0 Å². The van der Waals surface area contributed by atoms with Crippen LogP contribution < -0.4 is 0 Å². The van der Waals surface area contributed by atoms with Crippen LogP contribution in [0.25, 0.3) is 22.2 Å². The number of benzene rings is 3. The normalized spacial score (nSPS) is 10.7. The molecule has 0 radical (unpaired) electrons. The molecule has 4 nitrogen and oxygen atoms in total. The number of allylic oxidation sites excluding steroid dienone is 3. The molecule has 3 aromatic carbocycles. The van der Waals surface area contributed by atoms with Crippen LogP contribution in [-0.2, 0) is 0 Å². The summed E-state index contributed by atoms with van der Waals surface area (Å²) in [7, 11) is 1.72. The van der Waals surface area contributed by atoms with E-state index >= 15 is 0 Å². The Hall–Kier alpha value is -4.05. The van der Waals surface area contributed by atoms with E-state index in [1.807, 2.05) is 80.6 Å². The van der Waals surface area contributed by atoms with E-state index in [1.54, 1.807) is 13.1 Å². The summed E-state index contributed by atoms with van der Waals surface area (Å²) in [6.45, 7) is 10.9. The number of H-pyrrole nitrogens is 1. The number of nitrogens with one attached hydrogen (secondary N) is 1. The topological polar surface area (TPSA) is 53.4 Å². The SMILES string of the molecule is C=C/C=C\C.C=NC(=NC)c1ccc(-c2ccccc2)cc1.Cc1nc2ccccc2[nH]1. The third kappa shape index (κ3) is 7.33. The quantitative estimate of drug-likeness (QED) is 0.215. The van der Waals surface area contributed by atoms with E-state index in [1.165, 1.54) is 11.1 Å². The number of aromatic amines is 1. The van der Waals surface area contributed by atoms with E-state index in [2.05, 4.69) is 57.5 Å². The van der Waals surface area contributed by atoms with Crippen LogP contribution in [0.5, 0.6) is 0 Å². The van der Waals surface area contributed by atoms with Gasteiger partial charge in [-0.3, -0.25) is 4.99 Å². The van der Waals surface area contributed by atoms with Gasteiger partial charge >= 0.3 is 0 Å². The summed E-state index contributed by atoms with van der Waals surface area (Å²) in [6.07, 6.45) is 5.58. The zero-order valence-corrected chi connectivity index (χ0v) is 19.0. The summed E-state index contributed by atoms with van der Waals surface area (Å²) in [5, 5.41) is 0. The summed E-state index contributed by atoms with van der Waals surface area (Å²) in [4.78, 5) is 15.4. The van der Waals surface area contributed by atoms with Gasteiger partial charge in [0.25, 0.3) is 0 Å². The second-order valence-corrected chi connectivity index (χ2v) is 6.75. The van der Waals surface area contributed by atoms with Crippen molar-refractivity contribution in [2.45, 2.75) is 13.8 Å². The van der Waals surface area contributed by atoms with Crippen LogP contribution in [0.3, 0.4) is 0 Å². The van der Waals surface area contributed by atoms with Crippen molar-refractivity contribution in [3.8, 4) is 11.1 Å². The standard InChI is InChI=1S/C15H14N2.C8H8N2.C5H8/c1-16-15(17-2)14-10-8-13(9-11-14)12-6-4-3-5-7-12;1-6-9-7-4-2-3-5-8(7)10-6;1-3-5-4-2/h3-11H,1H2,2H3;2-5H,1H3,(H,9,10);3-5H,1H2,2H3/b;;5-4-. The van der Waals surface area contributed by atoms with Crippen LogP contribution in [0.4, 0.5) is 0 Å². The van der Waals surface area contributed by atoms with E-state index < -0.39 is 0 Å². The minimum atomic E-state index is 0.671. The third-order valence-electron chi connectivity index (χ3n) is 4.45. The van der Waals surface area contributed by atoms with E-state index in [0.717, 1.165) is 22.4 Å². The maximum Gasteiger partial charge on any atom is 0.153 e. The molecule has 4 rings (SSSR count). The van der Waals surface area contributed by atoms with Gasteiger partial charge in [-0.2, -0.15) is 0 Å². The second kappa shape index (κ2) is 13.3. The molecule has 0 saturated carbocycles. The second-order valence-electron chi connectivity index (χ2n) is 6.75. The molecule has 4 heteroatoms. The van der Waals surface area contributed by atoms with Crippen LogP contribution >= 0.6 is 0 Å². The molecule has 4 aromatic rings. The molecule has 1 heterocycles. The first-order chi connectivity index (χ1) is 15.6. The molecular weight excluding hydrogens is 392 g/mol. The van der Waals surface area contributed by atoms with Crippen LogP contribution in [0.15, 0.2) is 114 Å². The highest BCUT2D eigenvalue weighted by Gasteiger charge is 2.01. The van der Waals surface area contributed by atoms with Gasteiger partial charge in [0, 0.05) is 12.6 Å². The summed E-state index contributed by atoms with van der Waals surface area (Å²) in [6, 6.07) is 26.4. The van der Waals surface area contributed by atoms with Crippen molar-refractivity contribution < 1.29 is 0 Å².